The van der Waals surface area contributed by atoms with Crippen molar-refractivity contribution in [2.24, 2.45) is 0 Å². The number of hydrogen-bond acceptors (Lipinski definition) is 5. The molecule has 156 valence electrons. The van der Waals surface area contributed by atoms with Gasteiger partial charge in [0, 0.05) is 36.3 Å². The number of pyridine rings is 1. The summed E-state index contributed by atoms with van der Waals surface area (Å²) in [6, 6.07) is 18.6. The van der Waals surface area contributed by atoms with Gasteiger partial charge in [-0.25, -0.2) is 0 Å². The Morgan fingerprint density at radius 2 is 2.06 bits per heavy atom. The Hall–Kier alpha value is -3.43. The average molecular weight is 412 g/mol. The van der Waals surface area contributed by atoms with Crippen LogP contribution in [0.15, 0.2) is 54.7 Å². The fraction of sp³-hybridized carbons (Fsp3) is 0.320. The summed E-state index contributed by atoms with van der Waals surface area (Å²) in [6.07, 6.45) is 4.71. The van der Waals surface area contributed by atoms with Gasteiger partial charge in [0.15, 0.2) is 0 Å². The number of para-hydroxylation sites is 1. The zero-order valence-corrected chi connectivity index (χ0v) is 17.3. The molecule has 2 aliphatic rings. The molecule has 0 spiro atoms. The largest absolute Gasteiger partial charge is 0.368 e. The maximum absolute atomic E-state index is 12.4. The van der Waals surface area contributed by atoms with E-state index in [0.717, 1.165) is 66.6 Å². The van der Waals surface area contributed by atoms with Crippen LogP contribution in [0.2, 0.25) is 0 Å². The summed E-state index contributed by atoms with van der Waals surface area (Å²) in [7, 11) is 0. The number of aromatic nitrogens is 1. The summed E-state index contributed by atoms with van der Waals surface area (Å²) in [4.78, 5) is 19.2. The summed E-state index contributed by atoms with van der Waals surface area (Å²) in [5.41, 5.74) is 4.51. The first kappa shape index (κ1) is 19.5. The highest BCUT2D eigenvalue weighted by Gasteiger charge is 2.29. The highest BCUT2D eigenvalue weighted by Crippen LogP contribution is 2.30. The third-order valence-electron chi connectivity index (χ3n) is 6.29. The number of carbonyl (C=O) groups excluding carboxylic acids is 1. The predicted molar refractivity (Wildman–Crippen MR) is 122 cm³/mol. The minimum atomic E-state index is -0.0569. The minimum Gasteiger partial charge on any atom is -0.368 e. The fourth-order valence-corrected chi connectivity index (χ4v) is 4.62. The van der Waals surface area contributed by atoms with Crippen molar-refractivity contribution in [3.63, 3.8) is 0 Å². The van der Waals surface area contributed by atoms with Crippen LogP contribution < -0.4 is 15.5 Å². The van der Waals surface area contributed by atoms with E-state index in [1.807, 2.05) is 42.6 Å². The van der Waals surface area contributed by atoms with E-state index in [4.69, 9.17) is 0 Å². The van der Waals surface area contributed by atoms with Crippen molar-refractivity contribution in [2.45, 2.75) is 31.3 Å². The first-order valence-corrected chi connectivity index (χ1v) is 10.9. The van der Waals surface area contributed by atoms with Gasteiger partial charge in [-0.2, -0.15) is 5.26 Å². The van der Waals surface area contributed by atoms with Gasteiger partial charge in [-0.3, -0.25) is 9.78 Å². The molecule has 2 unspecified atom stereocenters. The molecule has 0 saturated carbocycles. The smallest absolute Gasteiger partial charge is 0.237 e. The van der Waals surface area contributed by atoms with Gasteiger partial charge in [0.05, 0.1) is 22.8 Å². The molecule has 6 heteroatoms. The second-order valence-corrected chi connectivity index (χ2v) is 8.35. The van der Waals surface area contributed by atoms with Crippen LogP contribution in [-0.2, 0) is 4.79 Å². The van der Waals surface area contributed by atoms with Crippen molar-refractivity contribution in [3.8, 4) is 17.2 Å². The van der Waals surface area contributed by atoms with E-state index in [1.54, 1.807) is 0 Å². The molecule has 31 heavy (non-hydrogen) atoms. The van der Waals surface area contributed by atoms with Gasteiger partial charge in [0.25, 0.3) is 0 Å². The second kappa shape index (κ2) is 8.37. The number of nitriles is 1. The summed E-state index contributed by atoms with van der Waals surface area (Å²) in [6.45, 7) is 2.47. The Bertz CT molecular complexity index is 1160. The summed E-state index contributed by atoms with van der Waals surface area (Å²) >= 11 is 0. The molecule has 2 saturated heterocycles. The highest BCUT2D eigenvalue weighted by atomic mass is 16.2. The van der Waals surface area contributed by atoms with E-state index in [-0.39, 0.29) is 18.0 Å². The van der Waals surface area contributed by atoms with Crippen LogP contribution >= 0.6 is 0 Å². The Morgan fingerprint density at radius 3 is 2.90 bits per heavy atom. The topological polar surface area (TPSA) is 81.1 Å². The molecular weight excluding hydrogens is 386 g/mol. The van der Waals surface area contributed by atoms with Crippen molar-refractivity contribution < 1.29 is 4.79 Å². The molecule has 5 rings (SSSR count). The zero-order valence-electron chi connectivity index (χ0n) is 17.3. The number of nitrogens with one attached hydrogen (secondary N) is 2. The number of fused-ring (bicyclic) bond motifs is 1. The Kier molecular flexibility index (Phi) is 5.27. The SMILES string of the molecule is N#Cc1cc(-c2cnc3ccccc3c2)ccc1N1CCC(NC(=O)C2CCCN2)C1. The molecule has 2 N–H and O–H groups in total. The lowest BCUT2D eigenvalue weighted by molar-refractivity contribution is -0.123. The maximum atomic E-state index is 12.4. The standard InChI is InChI=1S/C25H25N5O/c26-14-19-12-17(20-13-18-4-1-2-5-22(18)28-15-20)7-8-24(19)30-11-9-21(16-30)29-25(31)23-6-3-10-27-23/h1-2,4-5,7-8,12-13,15,21,23,27H,3,6,9-11,16H2,(H,29,31). The van der Waals surface area contributed by atoms with Crippen LogP contribution in [0.4, 0.5) is 5.69 Å². The molecular formula is C25H25N5O. The first-order valence-electron chi connectivity index (χ1n) is 10.9. The predicted octanol–water partition coefficient (Wildman–Crippen LogP) is 3.22. The van der Waals surface area contributed by atoms with Crippen molar-refractivity contribution in [1.29, 1.82) is 5.26 Å². The molecule has 2 aliphatic heterocycles. The van der Waals surface area contributed by atoms with Crippen LogP contribution in [-0.4, -0.2) is 42.6 Å². The molecule has 2 aromatic carbocycles. The first-order chi connectivity index (χ1) is 15.2. The summed E-state index contributed by atoms with van der Waals surface area (Å²) in [5, 5.41) is 17.3. The molecule has 3 heterocycles. The van der Waals surface area contributed by atoms with Crippen LogP contribution in [0.3, 0.4) is 0 Å². The molecule has 0 bridgehead atoms. The summed E-state index contributed by atoms with van der Waals surface area (Å²) in [5.74, 6) is 0.101. The fourth-order valence-electron chi connectivity index (χ4n) is 4.62. The van der Waals surface area contributed by atoms with Crippen molar-refractivity contribution in [1.82, 2.24) is 15.6 Å². The molecule has 3 aromatic rings. The zero-order chi connectivity index (χ0) is 21.2. The number of nitrogens with zero attached hydrogens (tertiary/aromatic N) is 3. The lowest BCUT2D eigenvalue weighted by Crippen LogP contribution is -2.46. The number of hydrogen-bond donors (Lipinski definition) is 2. The number of rotatable bonds is 4. The van der Waals surface area contributed by atoms with E-state index in [1.165, 1.54) is 0 Å². The number of benzene rings is 2. The van der Waals surface area contributed by atoms with E-state index < -0.39 is 0 Å². The van der Waals surface area contributed by atoms with Gasteiger partial charge in [0.2, 0.25) is 5.91 Å². The number of carbonyl (C=O) groups is 1. The van der Waals surface area contributed by atoms with Gasteiger partial charge in [-0.1, -0.05) is 24.3 Å². The Morgan fingerprint density at radius 1 is 1.16 bits per heavy atom. The van der Waals surface area contributed by atoms with E-state index in [0.29, 0.717) is 5.56 Å². The monoisotopic (exact) mass is 411 g/mol. The maximum Gasteiger partial charge on any atom is 0.237 e. The van der Waals surface area contributed by atoms with Crippen molar-refractivity contribution in [3.05, 3.63) is 60.3 Å². The van der Waals surface area contributed by atoms with Gasteiger partial charge in [-0.15, -0.1) is 0 Å². The third-order valence-corrected chi connectivity index (χ3v) is 6.29. The normalized spacial score (nSPS) is 20.7. The summed E-state index contributed by atoms with van der Waals surface area (Å²) < 4.78 is 0. The molecule has 2 fully saturated rings. The van der Waals surface area contributed by atoms with Crippen LogP contribution in [0.25, 0.3) is 22.0 Å². The Balaban J connectivity index is 1.33. The van der Waals surface area contributed by atoms with E-state index in [9.17, 15) is 10.1 Å². The van der Waals surface area contributed by atoms with Gasteiger partial charge in [0.1, 0.15) is 6.07 Å². The van der Waals surface area contributed by atoms with Gasteiger partial charge in [-0.05, 0) is 55.6 Å². The third kappa shape index (κ3) is 3.97. The highest BCUT2D eigenvalue weighted by molar-refractivity contribution is 5.84. The molecule has 0 radical (unpaired) electrons. The van der Waals surface area contributed by atoms with Crippen molar-refractivity contribution >= 4 is 22.5 Å². The van der Waals surface area contributed by atoms with Crippen LogP contribution in [0.1, 0.15) is 24.8 Å². The number of anilines is 1. The molecule has 6 nitrogen and oxygen atoms in total. The number of amides is 1. The quantitative estimate of drug-likeness (QED) is 0.689. The lowest BCUT2D eigenvalue weighted by Gasteiger charge is -2.21. The molecule has 1 amide bonds. The second-order valence-electron chi connectivity index (χ2n) is 8.35. The van der Waals surface area contributed by atoms with Crippen LogP contribution in [0, 0.1) is 11.3 Å². The van der Waals surface area contributed by atoms with E-state index in [2.05, 4.69) is 38.7 Å². The lowest BCUT2D eigenvalue weighted by atomic mass is 10.0. The molecule has 1 aromatic heterocycles. The van der Waals surface area contributed by atoms with Crippen molar-refractivity contribution in [2.75, 3.05) is 24.5 Å². The van der Waals surface area contributed by atoms with Crippen LogP contribution in [0.5, 0.6) is 0 Å². The van der Waals surface area contributed by atoms with Gasteiger partial charge < -0.3 is 15.5 Å². The molecule has 0 aliphatic carbocycles. The van der Waals surface area contributed by atoms with E-state index >= 15 is 0 Å². The minimum absolute atomic E-state index is 0.0569. The van der Waals surface area contributed by atoms with Gasteiger partial charge >= 0.3 is 0 Å². The molecule has 2 atom stereocenters. The Labute approximate surface area is 181 Å². The average Bonchev–Trinajstić information content (AvgIpc) is 3.51.